The molecule has 2 atom stereocenters. The molecule has 0 aliphatic heterocycles. The second-order valence-electron chi connectivity index (χ2n) is 14.5. The lowest BCUT2D eigenvalue weighted by atomic mass is 9.71. The molecule has 5 aromatic carbocycles. The van der Waals surface area contributed by atoms with Gasteiger partial charge in [0.2, 0.25) is 0 Å². The molecule has 7 heteroatoms. The fraction of sp³-hybridized carbons (Fsp3) is 0.311. The first-order valence-corrected chi connectivity index (χ1v) is 22.0. The van der Waals surface area contributed by atoms with Crippen LogP contribution < -0.4 is 0 Å². The summed E-state index contributed by atoms with van der Waals surface area (Å²) in [6, 6.07) is 41.8. The molecule has 0 heterocycles. The van der Waals surface area contributed by atoms with Crippen molar-refractivity contribution in [1.29, 1.82) is 0 Å². The van der Waals surface area contributed by atoms with Crippen molar-refractivity contribution in [3.63, 3.8) is 0 Å². The standard InChI is InChI=1S/C45H48O5S2/c1-50-45(46)34-27-25-32(26-28-34)36-30-42(33-15-6-3-7-16-33)44(52(47,48)49)43(31-36)41-24-13-12-23-40(41)35-17-14-22-39(29-35)51(2,37-18-8-4-9-19-37)38-20-10-5-11-21-38/h4-5,8-11,14,17-22,25-31,33,40-41H,3,6-7,12-13,15-16,23-24H2,1-2H3,(H,47,48,49). The van der Waals surface area contributed by atoms with Crippen molar-refractivity contribution in [2.24, 2.45) is 0 Å². The van der Waals surface area contributed by atoms with Gasteiger partial charge in [-0.2, -0.15) is 18.4 Å². The van der Waals surface area contributed by atoms with Gasteiger partial charge in [-0.15, -0.1) is 0 Å². The zero-order valence-corrected chi connectivity index (χ0v) is 31.7. The van der Waals surface area contributed by atoms with E-state index in [1.807, 2.05) is 24.3 Å². The van der Waals surface area contributed by atoms with Crippen molar-refractivity contribution < 1.29 is 22.5 Å². The maximum Gasteiger partial charge on any atom is 0.337 e. The third-order valence-corrected chi connectivity index (χ3v) is 16.1. The summed E-state index contributed by atoms with van der Waals surface area (Å²) in [6.07, 6.45) is 11.2. The van der Waals surface area contributed by atoms with E-state index in [2.05, 4.69) is 91.2 Å². The lowest BCUT2D eigenvalue weighted by Gasteiger charge is -2.39. The van der Waals surface area contributed by atoms with Crippen LogP contribution in [0.25, 0.3) is 11.1 Å². The zero-order chi connectivity index (χ0) is 36.3. The van der Waals surface area contributed by atoms with Crippen LogP contribution in [-0.2, 0) is 14.9 Å². The number of ether oxygens (including phenoxy) is 1. The molecule has 0 bridgehead atoms. The van der Waals surface area contributed by atoms with Gasteiger partial charge in [0.15, 0.2) is 0 Å². The van der Waals surface area contributed by atoms with Gasteiger partial charge in [-0.1, -0.05) is 92.8 Å². The average Bonchev–Trinajstić information content (AvgIpc) is 3.20. The van der Waals surface area contributed by atoms with Gasteiger partial charge >= 0.3 is 5.97 Å². The number of carbonyl (C=O) groups is 1. The van der Waals surface area contributed by atoms with E-state index in [1.54, 1.807) is 12.1 Å². The third kappa shape index (κ3) is 7.23. The predicted molar refractivity (Wildman–Crippen MR) is 210 cm³/mol. The largest absolute Gasteiger partial charge is 0.465 e. The van der Waals surface area contributed by atoms with E-state index >= 15 is 0 Å². The van der Waals surface area contributed by atoms with E-state index in [1.165, 1.54) is 27.4 Å². The molecule has 7 rings (SSSR count). The highest BCUT2D eigenvalue weighted by Crippen LogP contribution is 2.66. The zero-order valence-electron chi connectivity index (χ0n) is 30.0. The molecular weight excluding hydrogens is 685 g/mol. The summed E-state index contributed by atoms with van der Waals surface area (Å²) in [7, 11) is -4.77. The van der Waals surface area contributed by atoms with Crippen molar-refractivity contribution in [2.75, 3.05) is 13.4 Å². The van der Waals surface area contributed by atoms with Crippen molar-refractivity contribution >= 4 is 26.1 Å². The molecule has 270 valence electrons. The summed E-state index contributed by atoms with van der Waals surface area (Å²) in [4.78, 5) is 16.2. The average molecular weight is 733 g/mol. The molecule has 5 aromatic rings. The van der Waals surface area contributed by atoms with E-state index in [9.17, 15) is 17.8 Å². The van der Waals surface area contributed by atoms with Gasteiger partial charge in [-0.3, -0.25) is 4.55 Å². The fourth-order valence-corrected chi connectivity index (χ4v) is 12.7. The lowest BCUT2D eigenvalue weighted by molar-refractivity contribution is 0.0600. The third-order valence-electron chi connectivity index (χ3n) is 11.4. The minimum atomic E-state index is -4.55. The molecular formula is C45H48O5S2. The van der Waals surface area contributed by atoms with E-state index in [4.69, 9.17) is 4.74 Å². The Morgan fingerprint density at radius 3 is 1.77 bits per heavy atom. The van der Waals surface area contributed by atoms with Crippen molar-refractivity contribution in [1.82, 2.24) is 0 Å². The Bertz CT molecular complexity index is 2080. The number of hydrogen-bond acceptors (Lipinski definition) is 4. The molecule has 5 nitrogen and oxygen atoms in total. The van der Waals surface area contributed by atoms with Gasteiger partial charge in [0.05, 0.1) is 12.7 Å². The number of esters is 1. The van der Waals surface area contributed by atoms with Crippen LogP contribution in [-0.4, -0.2) is 32.3 Å². The highest BCUT2D eigenvalue weighted by Gasteiger charge is 2.36. The number of rotatable bonds is 9. The Kier molecular flexibility index (Phi) is 10.7. The van der Waals surface area contributed by atoms with Gasteiger partial charge in [0.1, 0.15) is 4.90 Å². The first-order chi connectivity index (χ1) is 25.2. The smallest absolute Gasteiger partial charge is 0.337 e. The maximum atomic E-state index is 13.6. The Balaban J connectivity index is 1.39. The lowest BCUT2D eigenvalue weighted by Crippen LogP contribution is -2.21. The quantitative estimate of drug-likeness (QED) is 0.121. The minimum absolute atomic E-state index is 0.0464. The predicted octanol–water partition coefficient (Wildman–Crippen LogP) is 11.8. The highest BCUT2D eigenvalue weighted by molar-refractivity contribution is 8.33. The fourth-order valence-electron chi connectivity index (χ4n) is 8.74. The van der Waals surface area contributed by atoms with E-state index < -0.39 is 26.1 Å². The Hall–Kier alpha value is -4.17. The monoisotopic (exact) mass is 732 g/mol. The van der Waals surface area contributed by atoms with Crippen LogP contribution >= 0.6 is 10.0 Å². The molecule has 52 heavy (non-hydrogen) atoms. The highest BCUT2D eigenvalue weighted by atomic mass is 32.3. The second kappa shape index (κ2) is 15.4. The van der Waals surface area contributed by atoms with Crippen LogP contribution in [0.3, 0.4) is 0 Å². The Morgan fingerprint density at radius 2 is 1.17 bits per heavy atom. The van der Waals surface area contributed by atoms with Crippen molar-refractivity contribution in [3.05, 3.63) is 144 Å². The van der Waals surface area contributed by atoms with Crippen LogP contribution in [0.4, 0.5) is 0 Å². The first-order valence-electron chi connectivity index (χ1n) is 18.5. The summed E-state index contributed by atoms with van der Waals surface area (Å²) in [6.45, 7) is 0. The van der Waals surface area contributed by atoms with Crippen LogP contribution in [0.15, 0.2) is 141 Å². The van der Waals surface area contributed by atoms with E-state index in [0.717, 1.165) is 74.5 Å². The summed E-state index contributed by atoms with van der Waals surface area (Å²) in [5.41, 5.74) is 4.92. The normalized spacial score (nSPS) is 18.8. The minimum Gasteiger partial charge on any atom is -0.465 e. The SMILES string of the molecule is COC(=O)c1ccc(-c2cc(C3CCCCC3)c(S(=O)(=O)O)c(C3CCCCC3c3cccc(S(C)(c4ccccc4)c4ccccc4)c3)c2)cc1. The molecule has 0 radical (unpaired) electrons. The summed E-state index contributed by atoms with van der Waals surface area (Å²) >= 11 is 0. The van der Waals surface area contributed by atoms with E-state index in [0.29, 0.717) is 11.1 Å². The topological polar surface area (TPSA) is 80.7 Å². The number of carbonyl (C=O) groups excluding carboxylic acids is 1. The molecule has 2 aliphatic carbocycles. The molecule has 2 saturated carbocycles. The second-order valence-corrected chi connectivity index (χ2v) is 19.1. The molecule has 0 spiro atoms. The first kappa shape index (κ1) is 36.2. The summed E-state index contributed by atoms with van der Waals surface area (Å²) in [5, 5.41) is 0. The van der Waals surface area contributed by atoms with Gasteiger partial charge in [-0.25, -0.2) is 4.79 Å². The van der Waals surface area contributed by atoms with Gasteiger partial charge in [0.25, 0.3) is 10.1 Å². The Morgan fingerprint density at radius 1 is 0.615 bits per heavy atom. The van der Waals surface area contributed by atoms with Gasteiger partial charge in [-0.05, 0) is 153 Å². The van der Waals surface area contributed by atoms with Crippen LogP contribution in [0.5, 0.6) is 0 Å². The maximum absolute atomic E-state index is 13.6. The van der Waals surface area contributed by atoms with E-state index in [-0.39, 0.29) is 22.6 Å². The number of benzene rings is 5. The van der Waals surface area contributed by atoms with Crippen LogP contribution in [0, 0.1) is 0 Å². The van der Waals surface area contributed by atoms with Crippen molar-refractivity contribution in [2.45, 2.75) is 95.1 Å². The number of hydrogen-bond donors (Lipinski definition) is 1. The van der Waals surface area contributed by atoms with Gasteiger partial charge < -0.3 is 4.74 Å². The van der Waals surface area contributed by atoms with Gasteiger partial charge in [0, 0.05) is 0 Å². The van der Waals surface area contributed by atoms with Crippen LogP contribution in [0.1, 0.15) is 103 Å². The summed E-state index contributed by atoms with van der Waals surface area (Å²) in [5.74, 6) is -0.389. The number of methoxy groups -OCH3 is 1. The summed E-state index contributed by atoms with van der Waals surface area (Å²) < 4.78 is 43.2. The Labute approximate surface area is 310 Å². The van der Waals surface area contributed by atoms with Crippen LogP contribution in [0.2, 0.25) is 0 Å². The molecule has 0 aromatic heterocycles. The molecule has 2 unspecified atom stereocenters. The molecule has 2 fully saturated rings. The van der Waals surface area contributed by atoms with Crippen molar-refractivity contribution in [3.8, 4) is 11.1 Å². The molecule has 0 amide bonds. The molecule has 1 N–H and O–H groups in total. The molecule has 0 saturated heterocycles. The molecule has 2 aliphatic rings.